The Morgan fingerprint density at radius 1 is 1.25 bits per heavy atom. The highest BCUT2D eigenvalue weighted by Crippen LogP contribution is 2.39. The van der Waals surface area contributed by atoms with E-state index in [2.05, 4.69) is 58.8 Å². The van der Waals surface area contributed by atoms with Gasteiger partial charge < -0.3 is 10.2 Å². The Labute approximate surface area is 127 Å². The molecule has 0 heterocycles. The lowest BCUT2D eigenvalue weighted by molar-refractivity contribution is 0.0751. The van der Waals surface area contributed by atoms with Crippen LogP contribution < -0.4 is 5.32 Å². The second kappa shape index (κ2) is 7.26. The first-order chi connectivity index (χ1) is 9.17. The van der Waals surface area contributed by atoms with Gasteiger partial charge in [0.25, 0.3) is 0 Å². The SMILES string of the molecule is CCC(C)N(C)CC1(CNC(C)(C)C)CCC(C)CC1. The highest BCUT2D eigenvalue weighted by molar-refractivity contribution is 4.91. The molecule has 1 saturated carbocycles. The normalized spacial score (nSPS) is 29.7. The minimum Gasteiger partial charge on any atom is -0.311 e. The topological polar surface area (TPSA) is 15.3 Å². The van der Waals surface area contributed by atoms with Crippen LogP contribution in [0, 0.1) is 11.3 Å². The van der Waals surface area contributed by atoms with Crippen molar-refractivity contribution >= 4 is 0 Å². The summed E-state index contributed by atoms with van der Waals surface area (Å²) in [7, 11) is 2.31. The van der Waals surface area contributed by atoms with Gasteiger partial charge in [0.1, 0.15) is 0 Å². The molecular weight excluding hydrogens is 244 g/mol. The fourth-order valence-electron chi connectivity index (χ4n) is 3.21. The quantitative estimate of drug-likeness (QED) is 0.781. The number of nitrogens with one attached hydrogen (secondary N) is 1. The summed E-state index contributed by atoms with van der Waals surface area (Å²) in [5, 5.41) is 3.78. The number of hydrogen-bond donors (Lipinski definition) is 1. The van der Waals surface area contributed by atoms with Crippen LogP contribution in [0.5, 0.6) is 0 Å². The van der Waals surface area contributed by atoms with Crippen molar-refractivity contribution in [3.05, 3.63) is 0 Å². The summed E-state index contributed by atoms with van der Waals surface area (Å²) in [6, 6.07) is 0.695. The van der Waals surface area contributed by atoms with E-state index in [1.807, 2.05) is 0 Å². The average molecular weight is 283 g/mol. The van der Waals surface area contributed by atoms with Crippen molar-refractivity contribution in [1.29, 1.82) is 0 Å². The Morgan fingerprint density at radius 3 is 2.25 bits per heavy atom. The van der Waals surface area contributed by atoms with Gasteiger partial charge in [-0.15, -0.1) is 0 Å². The zero-order chi connectivity index (χ0) is 15.4. The molecule has 1 atom stereocenters. The Balaban J connectivity index is 2.69. The Hall–Kier alpha value is -0.0800. The molecule has 1 rings (SSSR count). The molecule has 1 aliphatic rings. The lowest BCUT2D eigenvalue weighted by Crippen LogP contribution is -2.50. The third kappa shape index (κ3) is 5.73. The summed E-state index contributed by atoms with van der Waals surface area (Å²) in [4.78, 5) is 2.58. The highest BCUT2D eigenvalue weighted by atomic mass is 15.1. The van der Waals surface area contributed by atoms with Crippen molar-refractivity contribution in [2.45, 2.75) is 85.2 Å². The minimum absolute atomic E-state index is 0.227. The van der Waals surface area contributed by atoms with Crippen molar-refractivity contribution < 1.29 is 0 Å². The number of hydrogen-bond acceptors (Lipinski definition) is 2. The van der Waals surface area contributed by atoms with Crippen LogP contribution in [-0.2, 0) is 0 Å². The molecule has 2 nitrogen and oxygen atoms in total. The molecule has 0 aromatic heterocycles. The third-order valence-electron chi connectivity index (χ3n) is 5.26. The predicted octanol–water partition coefficient (Wildman–Crippen LogP) is 4.30. The van der Waals surface area contributed by atoms with E-state index in [1.54, 1.807) is 0 Å². The van der Waals surface area contributed by atoms with Gasteiger partial charge >= 0.3 is 0 Å². The minimum atomic E-state index is 0.227. The summed E-state index contributed by atoms with van der Waals surface area (Å²) >= 11 is 0. The van der Waals surface area contributed by atoms with Crippen LogP contribution in [0.2, 0.25) is 0 Å². The van der Waals surface area contributed by atoms with E-state index in [1.165, 1.54) is 45.2 Å². The molecule has 20 heavy (non-hydrogen) atoms. The third-order valence-corrected chi connectivity index (χ3v) is 5.26. The zero-order valence-electron chi connectivity index (χ0n) is 15.1. The number of nitrogens with zero attached hydrogens (tertiary/aromatic N) is 1. The molecule has 0 amide bonds. The smallest absolute Gasteiger partial charge is 0.00967 e. The molecule has 2 heteroatoms. The zero-order valence-corrected chi connectivity index (χ0v) is 15.1. The van der Waals surface area contributed by atoms with Gasteiger partial charge in [-0.05, 0) is 65.3 Å². The molecule has 1 unspecified atom stereocenters. The largest absolute Gasteiger partial charge is 0.311 e. The van der Waals surface area contributed by atoms with Crippen molar-refractivity contribution in [2.24, 2.45) is 11.3 Å². The Kier molecular flexibility index (Phi) is 6.53. The fraction of sp³-hybridized carbons (Fsp3) is 1.00. The van der Waals surface area contributed by atoms with E-state index in [9.17, 15) is 0 Å². The van der Waals surface area contributed by atoms with E-state index < -0.39 is 0 Å². The molecule has 1 N–H and O–H groups in total. The summed E-state index contributed by atoms with van der Waals surface area (Å²) in [6.45, 7) is 16.3. The van der Waals surface area contributed by atoms with Crippen LogP contribution in [0.15, 0.2) is 0 Å². The molecule has 120 valence electrons. The maximum Gasteiger partial charge on any atom is 0.00967 e. The second-order valence-corrected chi connectivity index (χ2v) is 8.46. The monoisotopic (exact) mass is 282 g/mol. The molecule has 0 aromatic carbocycles. The maximum atomic E-state index is 3.78. The van der Waals surface area contributed by atoms with Crippen LogP contribution >= 0.6 is 0 Å². The van der Waals surface area contributed by atoms with Gasteiger partial charge in [-0.3, -0.25) is 0 Å². The van der Waals surface area contributed by atoms with E-state index in [-0.39, 0.29) is 5.54 Å². The molecule has 1 aliphatic carbocycles. The van der Waals surface area contributed by atoms with Gasteiger partial charge in [0.05, 0.1) is 0 Å². The molecule has 0 radical (unpaired) electrons. The van der Waals surface area contributed by atoms with Crippen molar-refractivity contribution in [3.63, 3.8) is 0 Å². The summed E-state index contributed by atoms with van der Waals surface area (Å²) in [5.41, 5.74) is 0.711. The van der Waals surface area contributed by atoms with Crippen LogP contribution in [-0.4, -0.2) is 36.6 Å². The van der Waals surface area contributed by atoms with Gasteiger partial charge in [0.2, 0.25) is 0 Å². The van der Waals surface area contributed by atoms with Gasteiger partial charge in [-0.1, -0.05) is 26.7 Å². The molecule has 0 aliphatic heterocycles. The van der Waals surface area contributed by atoms with E-state index in [0.29, 0.717) is 11.5 Å². The summed E-state index contributed by atoms with van der Waals surface area (Å²) in [6.07, 6.45) is 6.83. The molecule has 0 spiro atoms. The van der Waals surface area contributed by atoms with Crippen LogP contribution in [0.4, 0.5) is 0 Å². The number of rotatable bonds is 6. The fourth-order valence-corrected chi connectivity index (χ4v) is 3.21. The summed E-state index contributed by atoms with van der Waals surface area (Å²) in [5.74, 6) is 0.923. The maximum absolute atomic E-state index is 3.78. The van der Waals surface area contributed by atoms with Crippen molar-refractivity contribution in [1.82, 2.24) is 10.2 Å². The predicted molar refractivity (Wildman–Crippen MR) is 90.2 cm³/mol. The molecule has 0 bridgehead atoms. The lowest BCUT2D eigenvalue weighted by Gasteiger charge is -2.44. The lowest BCUT2D eigenvalue weighted by atomic mass is 9.70. The molecule has 0 aromatic rings. The first-order valence-electron chi connectivity index (χ1n) is 8.63. The second-order valence-electron chi connectivity index (χ2n) is 8.46. The highest BCUT2D eigenvalue weighted by Gasteiger charge is 2.36. The van der Waals surface area contributed by atoms with E-state index in [0.717, 1.165) is 5.92 Å². The van der Waals surface area contributed by atoms with Crippen molar-refractivity contribution in [2.75, 3.05) is 20.1 Å². The van der Waals surface area contributed by atoms with Gasteiger partial charge in [0.15, 0.2) is 0 Å². The molecule has 0 saturated heterocycles. The van der Waals surface area contributed by atoms with Crippen LogP contribution in [0.3, 0.4) is 0 Å². The van der Waals surface area contributed by atoms with Gasteiger partial charge in [0, 0.05) is 24.7 Å². The van der Waals surface area contributed by atoms with E-state index in [4.69, 9.17) is 0 Å². The first-order valence-corrected chi connectivity index (χ1v) is 8.63. The van der Waals surface area contributed by atoms with Crippen LogP contribution in [0.25, 0.3) is 0 Å². The van der Waals surface area contributed by atoms with Crippen molar-refractivity contribution in [3.8, 4) is 0 Å². The first kappa shape index (κ1) is 18.0. The van der Waals surface area contributed by atoms with Gasteiger partial charge in [-0.2, -0.15) is 0 Å². The average Bonchev–Trinajstić information content (AvgIpc) is 2.38. The van der Waals surface area contributed by atoms with Gasteiger partial charge in [-0.25, -0.2) is 0 Å². The van der Waals surface area contributed by atoms with Crippen LogP contribution in [0.1, 0.15) is 73.6 Å². The standard InChI is InChI=1S/C18H38N2/c1-8-16(3)20(7)14-18(13-19-17(4,5)6)11-9-15(2)10-12-18/h15-16,19H,8-14H2,1-7H3. The molecule has 1 fully saturated rings. The Morgan fingerprint density at radius 2 is 1.80 bits per heavy atom. The summed E-state index contributed by atoms with van der Waals surface area (Å²) < 4.78 is 0. The Bertz CT molecular complexity index is 272. The molecular formula is C18H38N2. The van der Waals surface area contributed by atoms with E-state index >= 15 is 0 Å².